The van der Waals surface area contributed by atoms with E-state index in [-0.39, 0.29) is 11.7 Å². The highest BCUT2D eigenvalue weighted by molar-refractivity contribution is 6.03. The van der Waals surface area contributed by atoms with E-state index in [1.165, 1.54) is 18.6 Å². The lowest BCUT2D eigenvalue weighted by Gasteiger charge is -2.05. The maximum atomic E-state index is 12.0. The monoisotopic (exact) mass is 307 g/mol. The Bertz CT molecular complexity index is 728. The van der Waals surface area contributed by atoms with Gasteiger partial charge in [-0.2, -0.15) is 0 Å². The summed E-state index contributed by atoms with van der Waals surface area (Å²) in [7, 11) is 0. The van der Waals surface area contributed by atoms with Crippen LogP contribution in [0.25, 0.3) is 6.08 Å². The summed E-state index contributed by atoms with van der Waals surface area (Å²) >= 11 is 0. The predicted molar refractivity (Wildman–Crippen MR) is 94.6 cm³/mol. The lowest BCUT2D eigenvalue weighted by molar-refractivity contribution is -0.111. The van der Waals surface area contributed by atoms with Crippen molar-refractivity contribution in [3.63, 3.8) is 0 Å². The highest BCUT2D eigenvalue weighted by Crippen LogP contribution is 2.15. The van der Waals surface area contributed by atoms with Gasteiger partial charge in [-0.3, -0.25) is 9.59 Å². The van der Waals surface area contributed by atoms with E-state index in [1.54, 1.807) is 30.3 Å². The zero-order valence-electron chi connectivity index (χ0n) is 13.7. The Hall–Kier alpha value is -2.68. The summed E-state index contributed by atoms with van der Waals surface area (Å²) in [4.78, 5) is 23.3. The number of ketones is 1. The smallest absolute Gasteiger partial charge is 0.248 e. The number of anilines is 1. The second kappa shape index (κ2) is 7.54. The number of amides is 1. The Morgan fingerprint density at radius 2 is 1.74 bits per heavy atom. The van der Waals surface area contributed by atoms with Gasteiger partial charge in [0.15, 0.2) is 5.78 Å². The van der Waals surface area contributed by atoms with Crippen molar-refractivity contribution < 1.29 is 9.59 Å². The third kappa shape index (κ3) is 4.92. The molecular weight excluding hydrogens is 286 g/mol. The van der Waals surface area contributed by atoms with Crippen LogP contribution in [0.3, 0.4) is 0 Å². The highest BCUT2D eigenvalue weighted by atomic mass is 16.1. The van der Waals surface area contributed by atoms with Crippen LogP contribution in [0.1, 0.15) is 48.2 Å². The molecule has 0 fully saturated rings. The quantitative estimate of drug-likeness (QED) is 0.645. The SMILES string of the molecule is CC(=O)c1cccc(NC(=O)C=Cc2ccc(C(C)C)cc2)c1. The van der Waals surface area contributed by atoms with Gasteiger partial charge in [0.05, 0.1) is 0 Å². The van der Waals surface area contributed by atoms with E-state index >= 15 is 0 Å². The fourth-order valence-corrected chi connectivity index (χ4v) is 2.16. The molecule has 0 aromatic heterocycles. The Morgan fingerprint density at radius 3 is 2.35 bits per heavy atom. The standard InChI is InChI=1S/C20H21NO2/c1-14(2)17-10-7-16(8-11-17)9-12-20(23)21-19-6-4-5-18(13-19)15(3)22/h4-14H,1-3H3,(H,21,23). The van der Waals surface area contributed by atoms with Crippen LogP contribution in [-0.4, -0.2) is 11.7 Å². The van der Waals surface area contributed by atoms with Crippen molar-refractivity contribution in [3.8, 4) is 0 Å². The third-order valence-electron chi connectivity index (χ3n) is 3.57. The first-order valence-electron chi connectivity index (χ1n) is 7.66. The predicted octanol–water partition coefficient (Wildman–Crippen LogP) is 4.66. The lowest BCUT2D eigenvalue weighted by atomic mass is 10.0. The van der Waals surface area contributed by atoms with E-state index < -0.39 is 0 Å². The number of benzene rings is 2. The largest absolute Gasteiger partial charge is 0.322 e. The van der Waals surface area contributed by atoms with Gasteiger partial charge in [0.25, 0.3) is 0 Å². The number of Topliss-reactive ketones (excluding diaryl/α,β-unsaturated/α-hetero) is 1. The Labute approximate surface area is 137 Å². The van der Waals surface area contributed by atoms with Crippen LogP contribution in [0.4, 0.5) is 5.69 Å². The molecule has 1 amide bonds. The number of carbonyl (C=O) groups excluding carboxylic acids is 2. The summed E-state index contributed by atoms with van der Waals surface area (Å²) in [5.74, 6) is 0.241. The molecule has 0 aliphatic rings. The van der Waals surface area contributed by atoms with E-state index in [4.69, 9.17) is 0 Å². The van der Waals surface area contributed by atoms with Crippen molar-refractivity contribution in [2.45, 2.75) is 26.7 Å². The van der Waals surface area contributed by atoms with Gasteiger partial charge in [-0.25, -0.2) is 0 Å². The highest BCUT2D eigenvalue weighted by Gasteiger charge is 2.02. The molecular formula is C20H21NO2. The minimum absolute atomic E-state index is 0.0260. The van der Waals surface area contributed by atoms with Crippen molar-refractivity contribution in [1.82, 2.24) is 0 Å². The molecule has 3 nitrogen and oxygen atoms in total. The fourth-order valence-electron chi connectivity index (χ4n) is 2.16. The summed E-state index contributed by atoms with van der Waals surface area (Å²) in [6.07, 6.45) is 3.26. The summed E-state index contributed by atoms with van der Waals surface area (Å²) in [6.45, 7) is 5.79. The minimum atomic E-state index is -0.223. The maximum Gasteiger partial charge on any atom is 0.248 e. The van der Waals surface area contributed by atoms with E-state index in [1.807, 2.05) is 12.1 Å². The van der Waals surface area contributed by atoms with Crippen molar-refractivity contribution in [1.29, 1.82) is 0 Å². The van der Waals surface area contributed by atoms with E-state index in [0.29, 0.717) is 17.2 Å². The van der Waals surface area contributed by atoms with Crippen LogP contribution < -0.4 is 5.32 Å². The molecule has 0 atom stereocenters. The summed E-state index contributed by atoms with van der Waals surface area (Å²) in [5.41, 5.74) is 3.44. The van der Waals surface area contributed by atoms with Gasteiger partial charge in [-0.15, -0.1) is 0 Å². The molecule has 0 aliphatic carbocycles. The summed E-state index contributed by atoms with van der Waals surface area (Å²) < 4.78 is 0. The van der Waals surface area contributed by atoms with Crippen molar-refractivity contribution in [2.75, 3.05) is 5.32 Å². The van der Waals surface area contributed by atoms with Gasteiger partial charge >= 0.3 is 0 Å². The molecule has 0 radical (unpaired) electrons. The first-order valence-corrected chi connectivity index (χ1v) is 7.66. The van der Waals surface area contributed by atoms with Crippen LogP contribution in [0.2, 0.25) is 0 Å². The van der Waals surface area contributed by atoms with Gasteiger partial charge < -0.3 is 5.32 Å². The molecule has 0 spiro atoms. The molecule has 23 heavy (non-hydrogen) atoms. The summed E-state index contributed by atoms with van der Waals surface area (Å²) in [6, 6.07) is 15.0. The molecule has 1 N–H and O–H groups in total. The van der Waals surface area contributed by atoms with Crippen LogP contribution in [-0.2, 0) is 4.79 Å². The average Bonchev–Trinajstić information content (AvgIpc) is 2.53. The topological polar surface area (TPSA) is 46.2 Å². The fraction of sp³-hybridized carbons (Fsp3) is 0.200. The van der Waals surface area contributed by atoms with Crippen LogP contribution >= 0.6 is 0 Å². The van der Waals surface area contributed by atoms with Crippen LogP contribution in [0.15, 0.2) is 54.6 Å². The van der Waals surface area contributed by atoms with E-state index in [9.17, 15) is 9.59 Å². The number of nitrogens with one attached hydrogen (secondary N) is 1. The number of rotatable bonds is 5. The Balaban J connectivity index is 2.01. The van der Waals surface area contributed by atoms with Crippen LogP contribution in [0.5, 0.6) is 0 Å². The molecule has 118 valence electrons. The average molecular weight is 307 g/mol. The number of hydrogen-bond donors (Lipinski definition) is 1. The second-order valence-corrected chi connectivity index (χ2v) is 5.78. The zero-order chi connectivity index (χ0) is 16.8. The molecule has 0 unspecified atom stereocenters. The van der Waals surface area contributed by atoms with E-state index in [0.717, 1.165) is 5.56 Å². The lowest BCUT2D eigenvalue weighted by Crippen LogP contribution is -2.08. The molecule has 0 aliphatic heterocycles. The molecule has 2 aromatic carbocycles. The summed E-state index contributed by atoms with van der Waals surface area (Å²) in [5, 5.41) is 2.76. The first-order chi connectivity index (χ1) is 11.0. The van der Waals surface area contributed by atoms with Gasteiger partial charge in [0.2, 0.25) is 5.91 Å². The maximum absolute atomic E-state index is 12.0. The molecule has 0 heterocycles. The third-order valence-corrected chi connectivity index (χ3v) is 3.57. The molecule has 2 rings (SSSR count). The van der Waals surface area contributed by atoms with Gasteiger partial charge in [-0.1, -0.05) is 50.2 Å². The molecule has 2 aromatic rings. The molecule has 0 bridgehead atoms. The number of hydrogen-bond acceptors (Lipinski definition) is 2. The Morgan fingerprint density at radius 1 is 1.04 bits per heavy atom. The number of carbonyl (C=O) groups is 2. The molecule has 3 heteroatoms. The normalized spacial score (nSPS) is 11.0. The minimum Gasteiger partial charge on any atom is -0.322 e. The van der Waals surface area contributed by atoms with Gasteiger partial charge in [0, 0.05) is 17.3 Å². The van der Waals surface area contributed by atoms with Crippen molar-refractivity contribution in [2.24, 2.45) is 0 Å². The molecule has 0 saturated carbocycles. The first kappa shape index (κ1) is 16.7. The van der Waals surface area contributed by atoms with Gasteiger partial charge in [0.1, 0.15) is 0 Å². The zero-order valence-corrected chi connectivity index (χ0v) is 13.7. The van der Waals surface area contributed by atoms with Crippen molar-refractivity contribution >= 4 is 23.5 Å². The second-order valence-electron chi connectivity index (χ2n) is 5.78. The Kier molecular flexibility index (Phi) is 5.47. The van der Waals surface area contributed by atoms with Crippen molar-refractivity contribution in [3.05, 3.63) is 71.3 Å². The van der Waals surface area contributed by atoms with Gasteiger partial charge in [-0.05, 0) is 42.2 Å². The van der Waals surface area contributed by atoms with E-state index in [2.05, 4.69) is 31.3 Å². The van der Waals surface area contributed by atoms with Crippen LogP contribution in [0, 0.1) is 0 Å². The molecule has 0 saturated heterocycles.